The molecule has 0 aromatic carbocycles. The maximum atomic E-state index is 11.5. The number of hydrogen-bond acceptors (Lipinski definition) is 4. The van der Waals surface area contributed by atoms with Crippen molar-refractivity contribution >= 4 is 17.8 Å². The molecule has 0 aliphatic rings. The summed E-state index contributed by atoms with van der Waals surface area (Å²) in [4.78, 5) is 32.8. The number of hydrogen-bond donors (Lipinski definition) is 2. The molecule has 0 saturated heterocycles. The van der Waals surface area contributed by atoms with Crippen LogP contribution in [0.3, 0.4) is 0 Å². The second-order valence-electron chi connectivity index (χ2n) is 4.42. The highest BCUT2D eigenvalue weighted by Gasteiger charge is 2.29. The van der Waals surface area contributed by atoms with Gasteiger partial charge in [-0.05, 0) is 27.2 Å². The highest BCUT2D eigenvalue weighted by atomic mass is 16.6. The summed E-state index contributed by atoms with van der Waals surface area (Å²) in [5, 5.41) is 8.45. The van der Waals surface area contributed by atoms with E-state index in [1.165, 1.54) is 0 Å². The molecule has 1 amide bonds. The molecule has 16 heavy (non-hydrogen) atoms. The number of rotatable bonds is 5. The average molecular weight is 231 g/mol. The van der Waals surface area contributed by atoms with Crippen molar-refractivity contribution in [2.45, 2.75) is 39.2 Å². The van der Waals surface area contributed by atoms with Gasteiger partial charge >= 0.3 is 11.9 Å². The van der Waals surface area contributed by atoms with Crippen molar-refractivity contribution < 1.29 is 24.2 Å². The molecule has 0 aromatic heterocycles. The number of esters is 1. The van der Waals surface area contributed by atoms with Crippen molar-refractivity contribution in [3.8, 4) is 0 Å². The van der Waals surface area contributed by atoms with E-state index < -0.39 is 29.4 Å². The fourth-order valence-electron chi connectivity index (χ4n) is 1.02. The highest BCUT2D eigenvalue weighted by molar-refractivity contribution is 5.97. The smallest absolute Gasteiger partial charge is 0.319 e. The number of carbonyl (C=O) groups excluding carboxylic acids is 2. The number of nitrogens with two attached hydrogens (primary N) is 1. The summed E-state index contributed by atoms with van der Waals surface area (Å²) in [6, 6.07) is 0. The molecule has 0 bridgehead atoms. The number of carboxylic acids is 1. The first-order chi connectivity index (χ1) is 7.13. The molecule has 0 aliphatic carbocycles. The monoisotopic (exact) mass is 231 g/mol. The average Bonchev–Trinajstić information content (AvgIpc) is 1.98. The lowest BCUT2D eigenvalue weighted by Gasteiger charge is -2.22. The lowest BCUT2D eigenvalue weighted by molar-refractivity contribution is -0.162. The zero-order valence-electron chi connectivity index (χ0n) is 9.65. The van der Waals surface area contributed by atoms with E-state index in [9.17, 15) is 14.4 Å². The molecule has 0 saturated carbocycles. The third kappa shape index (κ3) is 6.00. The Bertz CT molecular complexity index is 292. The van der Waals surface area contributed by atoms with Crippen LogP contribution in [0.15, 0.2) is 0 Å². The second-order valence-corrected chi connectivity index (χ2v) is 4.42. The summed E-state index contributed by atoms with van der Waals surface area (Å²) in [6.07, 6.45) is -0.438. The minimum absolute atomic E-state index is 0.139. The Kier molecular flexibility index (Phi) is 4.94. The molecule has 0 radical (unpaired) electrons. The van der Waals surface area contributed by atoms with Crippen LogP contribution >= 0.6 is 0 Å². The van der Waals surface area contributed by atoms with Crippen molar-refractivity contribution in [3.63, 3.8) is 0 Å². The molecule has 1 atom stereocenters. The van der Waals surface area contributed by atoms with Crippen LogP contribution < -0.4 is 5.73 Å². The summed E-state index contributed by atoms with van der Waals surface area (Å²) < 4.78 is 4.96. The lowest BCUT2D eigenvalue weighted by atomic mass is 10.0. The first kappa shape index (κ1) is 14.4. The van der Waals surface area contributed by atoms with Crippen LogP contribution in [0.25, 0.3) is 0 Å². The number of aliphatic carboxylic acids is 1. The topological polar surface area (TPSA) is 107 Å². The minimum Gasteiger partial charge on any atom is -0.481 e. The molecule has 6 nitrogen and oxygen atoms in total. The standard InChI is InChI=1S/C10H17NO5/c1-10(2,3)16-9(15)6(8(11)14)4-5-7(12)13/h6H,4-5H2,1-3H3,(H2,11,14)(H,12,13). The van der Waals surface area contributed by atoms with Gasteiger partial charge in [-0.25, -0.2) is 0 Å². The maximum absolute atomic E-state index is 11.5. The number of amides is 1. The van der Waals surface area contributed by atoms with Gasteiger partial charge in [0.25, 0.3) is 0 Å². The molecule has 0 heterocycles. The number of primary amides is 1. The SMILES string of the molecule is CC(C)(C)OC(=O)C(CCC(=O)O)C(N)=O. The van der Waals surface area contributed by atoms with Crippen molar-refractivity contribution in [1.82, 2.24) is 0 Å². The highest BCUT2D eigenvalue weighted by Crippen LogP contribution is 2.14. The molecule has 0 aliphatic heterocycles. The van der Waals surface area contributed by atoms with Gasteiger partial charge in [-0.3, -0.25) is 14.4 Å². The summed E-state index contributed by atoms with van der Waals surface area (Å²) >= 11 is 0. The van der Waals surface area contributed by atoms with Gasteiger partial charge in [0.15, 0.2) is 0 Å². The van der Waals surface area contributed by atoms with E-state index in [0.29, 0.717) is 0 Å². The largest absolute Gasteiger partial charge is 0.481 e. The zero-order valence-corrected chi connectivity index (χ0v) is 9.65. The van der Waals surface area contributed by atoms with Crippen molar-refractivity contribution in [1.29, 1.82) is 0 Å². The molecule has 92 valence electrons. The predicted molar refractivity (Wildman–Crippen MR) is 55.4 cm³/mol. The van der Waals surface area contributed by atoms with E-state index in [1.807, 2.05) is 0 Å². The van der Waals surface area contributed by atoms with Crippen LogP contribution in [-0.2, 0) is 19.1 Å². The summed E-state index contributed by atoms with van der Waals surface area (Å²) in [5.74, 6) is -3.93. The molecule has 6 heteroatoms. The summed E-state index contributed by atoms with van der Waals surface area (Å²) in [7, 11) is 0. The van der Waals surface area contributed by atoms with Crippen LogP contribution in [-0.4, -0.2) is 28.6 Å². The fraction of sp³-hybridized carbons (Fsp3) is 0.700. The van der Waals surface area contributed by atoms with Gasteiger partial charge in [-0.2, -0.15) is 0 Å². The molecular formula is C10H17NO5. The molecule has 3 N–H and O–H groups in total. The van der Waals surface area contributed by atoms with Gasteiger partial charge < -0.3 is 15.6 Å². The predicted octanol–water partition coefficient (Wildman–Crippen LogP) is 0.294. The fourth-order valence-corrected chi connectivity index (χ4v) is 1.02. The van der Waals surface area contributed by atoms with Crippen molar-refractivity contribution in [2.75, 3.05) is 0 Å². The van der Waals surface area contributed by atoms with Gasteiger partial charge in [-0.1, -0.05) is 0 Å². The van der Waals surface area contributed by atoms with Gasteiger partial charge in [0.2, 0.25) is 5.91 Å². The van der Waals surface area contributed by atoms with E-state index >= 15 is 0 Å². The van der Waals surface area contributed by atoms with Gasteiger partial charge in [-0.15, -0.1) is 0 Å². The van der Waals surface area contributed by atoms with E-state index in [1.54, 1.807) is 20.8 Å². The second kappa shape index (κ2) is 5.48. The first-order valence-electron chi connectivity index (χ1n) is 4.87. The molecule has 0 fully saturated rings. The lowest BCUT2D eigenvalue weighted by Crippen LogP contribution is -2.36. The molecule has 0 rings (SSSR count). The third-order valence-corrected chi connectivity index (χ3v) is 1.68. The Balaban J connectivity index is 4.48. The van der Waals surface area contributed by atoms with Crippen LogP contribution in [0.4, 0.5) is 0 Å². The Morgan fingerprint density at radius 3 is 2.12 bits per heavy atom. The molecule has 0 spiro atoms. The van der Waals surface area contributed by atoms with Gasteiger partial charge in [0, 0.05) is 6.42 Å². The first-order valence-corrected chi connectivity index (χ1v) is 4.87. The van der Waals surface area contributed by atoms with Crippen LogP contribution in [0.2, 0.25) is 0 Å². The Morgan fingerprint density at radius 1 is 1.31 bits per heavy atom. The van der Waals surface area contributed by atoms with E-state index in [4.69, 9.17) is 15.6 Å². The maximum Gasteiger partial charge on any atom is 0.319 e. The van der Waals surface area contributed by atoms with Crippen LogP contribution in [0.1, 0.15) is 33.6 Å². The van der Waals surface area contributed by atoms with Gasteiger partial charge in [0.05, 0.1) is 0 Å². The van der Waals surface area contributed by atoms with E-state index in [-0.39, 0.29) is 12.8 Å². The summed E-state index contributed by atoms with van der Waals surface area (Å²) in [5.41, 5.74) is 4.28. The normalized spacial score (nSPS) is 12.9. The van der Waals surface area contributed by atoms with Gasteiger partial charge in [0.1, 0.15) is 11.5 Å². The molecule has 1 unspecified atom stereocenters. The van der Waals surface area contributed by atoms with E-state index in [0.717, 1.165) is 0 Å². The quantitative estimate of drug-likeness (QED) is 0.522. The van der Waals surface area contributed by atoms with Crippen LogP contribution in [0.5, 0.6) is 0 Å². The van der Waals surface area contributed by atoms with E-state index in [2.05, 4.69) is 0 Å². The summed E-state index contributed by atoms with van der Waals surface area (Å²) in [6.45, 7) is 4.96. The Hall–Kier alpha value is -1.59. The third-order valence-electron chi connectivity index (χ3n) is 1.68. The van der Waals surface area contributed by atoms with Crippen LogP contribution in [0, 0.1) is 5.92 Å². The minimum atomic E-state index is -1.20. The zero-order chi connectivity index (χ0) is 12.9. The Labute approximate surface area is 93.8 Å². The molecule has 0 aromatic rings. The Morgan fingerprint density at radius 2 is 1.81 bits per heavy atom. The van der Waals surface area contributed by atoms with Crippen molar-refractivity contribution in [2.24, 2.45) is 11.7 Å². The number of ether oxygens (including phenoxy) is 1. The molecular weight excluding hydrogens is 214 g/mol. The number of carbonyl (C=O) groups is 3. The van der Waals surface area contributed by atoms with Crippen molar-refractivity contribution in [3.05, 3.63) is 0 Å². The number of carboxylic acid groups (broad SMARTS) is 1.